The van der Waals surface area contributed by atoms with Gasteiger partial charge in [-0.3, -0.25) is 0 Å². The predicted octanol–water partition coefficient (Wildman–Crippen LogP) is 8.47. The fourth-order valence-corrected chi connectivity index (χ4v) is 3.98. The first-order valence-electron chi connectivity index (χ1n) is 11.6. The van der Waals surface area contributed by atoms with Gasteiger partial charge in [0.1, 0.15) is 11.5 Å². The van der Waals surface area contributed by atoms with Crippen molar-refractivity contribution in [1.29, 1.82) is 0 Å². The van der Waals surface area contributed by atoms with Gasteiger partial charge in [0, 0.05) is 15.6 Å². The third kappa shape index (κ3) is 7.85. The monoisotopic (exact) mass is 462 g/mol. The Hall–Kier alpha value is -1.22. The van der Waals surface area contributed by atoms with E-state index in [0.717, 1.165) is 49.4 Å². The Morgan fingerprint density at radius 1 is 0.828 bits per heavy atom. The van der Waals surface area contributed by atoms with Crippen molar-refractivity contribution in [1.82, 2.24) is 0 Å². The van der Waals surface area contributed by atoms with Crippen molar-refractivity contribution in [2.24, 2.45) is 0 Å². The largest absolute Gasteiger partial charge is 0.493 e. The number of hydrogen-bond donors (Lipinski definition) is 0. The van der Waals surface area contributed by atoms with Gasteiger partial charge in [-0.25, -0.2) is 0 Å². The summed E-state index contributed by atoms with van der Waals surface area (Å²) in [5.41, 5.74) is 1.25. The van der Waals surface area contributed by atoms with Gasteiger partial charge in [0.2, 0.25) is 0 Å². The van der Waals surface area contributed by atoms with Crippen LogP contribution in [-0.2, 0) is 6.42 Å². The second-order valence-corrected chi connectivity index (χ2v) is 9.17. The van der Waals surface area contributed by atoms with Gasteiger partial charge < -0.3 is 9.47 Å². The lowest BCUT2D eigenvalue weighted by Crippen LogP contribution is -2.04. The first kappa shape index (κ1) is 24.1. The van der Waals surface area contributed by atoms with Crippen LogP contribution >= 0.6 is 15.9 Å². The van der Waals surface area contributed by atoms with Gasteiger partial charge in [0.05, 0.1) is 13.2 Å². The molecule has 0 fully saturated rings. The Bertz CT molecular complexity index is 713. The van der Waals surface area contributed by atoms with E-state index >= 15 is 0 Å². The van der Waals surface area contributed by atoms with Crippen molar-refractivity contribution >= 4 is 26.7 Å². The van der Waals surface area contributed by atoms with Crippen molar-refractivity contribution in [3.05, 3.63) is 35.9 Å². The molecule has 0 bridgehead atoms. The fraction of sp³-hybridized carbons (Fsp3) is 0.615. The number of benzene rings is 2. The fourth-order valence-electron chi connectivity index (χ4n) is 3.66. The molecule has 0 aromatic heterocycles. The van der Waals surface area contributed by atoms with Crippen molar-refractivity contribution in [2.45, 2.75) is 89.8 Å². The normalized spacial score (nSPS) is 12.3. The minimum atomic E-state index is 0.633. The summed E-state index contributed by atoms with van der Waals surface area (Å²) in [6.07, 6.45) is 11.9. The van der Waals surface area contributed by atoms with Gasteiger partial charge in [-0.15, -0.1) is 0 Å². The summed E-state index contributed by atoms with van der Waals surface area (Å²) in [6.45, 7) is 8.25. The lowest BCUT2D eigenvalue weighted by Gasteiger charge is -2.17. The number of hydrogen-bond acceptors (Lipinski definition) is 2. The van der Waals surface area contributed by atoms with E-state index in [2.05, 4.69) is 67.0 Å². The summed E-state index contributed by atoms with van der Waals surface area (Å²) in [5, 5.41) is 2.35. The molecule has 2 nitrogen and oxygen atoms in total. The highest BCUT2D eigenvalue weighted by Crippen LogP contribution is 2.37. The van der Waals surface area contributed by atoms with E-state index in [1.54, 1.807) is 0 Å². The van der Waals surface area contributed by atoms with E-state index in [9.17, 15) is 0 Å². The van der Waals surface area contributed by atoms with Crippen LogP contribution in [0.2, 0.25) is 0 Å². The Labute approximate surface area is 186 Å². The predicted molar refractivity (Wildman–Crippen MR) is 130 cm³/mol. The van der Waals surface area contributed by atoms with E-state index in [0.29, 0.717) is 4.83 Å². The zero-order valence-electron chi connectivity index (χ0n) is 18.6. The van der Waals surface area contributed by atoms with Crippen LogP contribution in [-0.4, -0.2) is 18.0 Å². The minimum Gasteiger partial charge on any atom is -0.493 e. The van der Waals surface area contributed by atoms with Gasteiger partial charge in [-0.05, 0) is 50.2 Å². The molecule has 0 aliphatic heterocycles. The molecule has 1 unspecified atom stereocenters. The van der Waals surface area contributed by atoms with Gasteiger partial charge in [0.25, 0.3) is 0 Å². The topological polar surface area (TPSA) is 18.5 Å². The summed E-state index contributed by atoms with van der Waals surface area (Å²) in [6, 6.07) is 10.7. The summed E-state index contributed by atoms with van der Waals surface area (Å²) in [7, 11) is 0. The SMILES string of the molecule is CCCCCCCOc1c(CC)cc(OCCCCC(Br)CC)c2ccccc12. The first-order valence-corrected chi connectivity index (χ1v) is 12.6. The van der Waals surface area contributed by atoms with Gasteiger partial charge >= 0.3 is 0 Å². The average molecular weight is 464 g/mol. The Balaban J connectivity index is 2.03. The molecule has 0 heterocycles. The molecule has 162 valence electrons. The molecule has 3 heteroatoms. The summed E-state index contributed by atoms with van der Waals surface area (Å²) in [4.78, 5) is 0.633. The van der Waals surface area contributed by atoms with Crippen LogP contribution in [0.3, 0.4) is 0 Å². The molecule has 0 saturated carbocycles. The molecule has 1 atom stereocenters. The second kappa shape index (κ2) is 13.9. The van der Waals surface area contributed by atoms with E-state index in [4.69, 9.17) is 9.47 Å². The van der Waals surface area contributed by atoms with Crippen LogP contribution < -0.4 is 9.47 Å². The van der Waals surface area contributed by atoms with Crippen LogP contribution in [0.15, 0.2) is 30.3 Å². The molecule has 0 radical (unpaired) electrons. The second-order valence-electron chi connectivity index (χ2n) is 7.87. The average Bonchev–Trinajstić information content (AvgIpc) is 2.76. The summed E-state index contributed by atoms with van der Waals surface area (Å²) >= 11 is 3.72. The van der Waals surface area contributed by atoms with Gasteiger partial charge in [-0.1, -0.05) is 86.6 Å². The number of rotatable bonds is 15. The Morgan fingerprint density at radius 3 is 2.24 bits per heavy atom. The number of halogens is 1. The van der Waals surface area contributed by atoms with E-state index in [-0.39, 0.29) is 0 Å². The smallest absolute Gasteiger partial charge is 0.130 e. The highest BCUT2D eigenvalue weighted by Gasteiger charge is 2.13. The van der Waals surface area contributed by atoms with Crippen LogP contribution in [0.1, 0.15) is 84.1 Å². The Kier molecular flexibility index (Phi) is 11.5. The lowest BCUT2D eigenvalue weighted by molar-refractivity contribution is 0.299. The van der Waals surface area contributed by atoms with Crippen LogP contribution in [0, 0.1) is 0 Å². The molecule has 0 aliphatic carbocycles. The zero-order chi connectivity index (χ0) is 20.9. The van der Waals surface area contributed by atoms with Crippen molar-refractivity contribution in [3.63, 3.8) is 0 Å². The maximum Gasteiger partial charge on any atom is 0.130 e. The van der Waals surface area contributed by atoms with Gasteiger partial charge in [-0.2, -0.15) is 0 Å². The van der Waals surface area contributed by atoms with Crippen molar-refractivity contribution < 1.29 is 9.47 Å². The summed E-state index contributed by atoms with van der Waals surface area (Å²) in [5.74, 6) is 2.05. The van der Waals surface area contributed by atoms with Crippen molar-refractivity contribution in [3.8, 4) is 11.5 Å². The molecule has 2 rings (SSSR count). The molecule has 0 saturated heterocycles. The maximum absolute atomic E-state index is 6.30. The molecule has 0 spiro atoms. The first-order chi connectivity index (χ1) is 14.2. The van der Waals surface area contributed by atoms with E-state index in [1.165, 1.54) is 55.9 Å². The van der Waals surface area contributed by atoms with E-state index < -0.39 is 0 Å². The summed E-state index contributed by atoms with van der Waals surface area (Å²) < 4.78 is 12.5. The third-order valence-corrected chi connectivity index (χ3v) is 6.63. The highest BCUT2D eigenvalue weighted by molar-refractivity contribution is 9.09. The zero-order valence-corrected chi connectivity index (χ0v) is 20.2. The van der Waals surface area contributed by atoms with E-state index in [1.807, 2.05) is 0 Å². The van der Waals surface area contributed by atoms with Crippen LogP contribution in [0.5, 0.6) is 11.5 Å². The number of alkyl halides is 1. The molecule has 0 N–H and O–H groups in total. The molecule has 29 heavy (non-hydrogen) atoms. The molecule has 0 aliphatic rings. The van der Waals surface area contributed by atoms with Crippen LogP contribution in [0.25, 0.3) is 10.8 Å². The van der Waals surface area contributed by atoms with Crippen LogP contribution in [0.4, 0.5) is 0 Å². The minimum absolute atomic E-state index is 0.633. The number of aryl methyl sites for hydroxylation is 1. The molecular formula is C26H39BrO2. The molecule has 2 aromatic rings. The molecule has 0 amide bonds. The standard InChI is InChI=1S/C26H39BrO2/c1-4-7-8-9-13-19-29-26-21(5-2)20-25(23-16-10-11-17-24(23)26)28-18-14-12-15-22(27)6-3/h10-11,16-17,20,22H,4-9,12-15,18-19H2,1-3H3. The lowest BCUT2D eigenvalue weighted by atomic mass is 10.0. The highest BCUT2D eigenvalue weighted by atomic mass is 79.9. The van der Waals surface area contributed by atoms with Crippen molar-refractivity contribution in [2.75, 3.05) is 13.2 Å². The van der Waals surface area contributed by atoms with Gasteiger partial charge in [0.15, 0.2) is 0 Å². The maximum atomic E-state index is 6.30. The Morgan fingerprint density at radius 2 is 1.52 bits per heavy atom. The third-order valence-electron chi connectivity index (χ3n) is 5.52. The number of fused-ring (bicyclic) bond motifs is 1. The quantitative estimate of drug-likeness (QED) is 0.195. The molecule has 2 aromatic carbocycles. The number of ether oxygens (including phenoxy) is 2. The number of unbranched alkanes of at least 4 members (excludes halogenated alkanes) is 5. The molecular weight excluding hydrogens is 424 g/mol.